The fourth-order valence-corrected chi connectivity index (χ4v) is 4.98. The van der Waals surface area contributed by atoms with Crippen LogP contribution in [0.15, 0.2) is 15.7 Å². The highest BCUT2D eigenvalue weighted by molar-refractivity contribution is 7.91. The van der Waals surface area contributed by atoms with Gasteiger partial charge in [0.2, 0.25) is 10.0 Å². The number of sulfonamides is 1. The highest BCUT2D eigenvalue weighted by atomic mass is 32.2. The highest BCUT2D eigenvalue weighted by Gasteiger charge is 2.34. The van der Waals surface area contributed by atoms with Gasteiger partial charge in [-0.15, -0.1) is 11.3 Å². The summed E-state index contributed by atoms with van der Waals surface area (Å²) in [5, 5.41) is 20.5. The van der Waals surface area contributed by atoms with Crippen LogP contribution in [0, 0.1) is 5.92 Å². The van der Waals surface area contributed by atoms with Crippen molar-refractivity contribution in [2.24, 2.45) is 5.92 Å². The van der Waals surface area contributed by atoms with Crippen LogP contribution in [0.4, 0.5) is 0 Å². The predicted molar refractivity (Wildman–Crippen MR) is 79.0 cm³/mol. The van der Waals surface area contributed by atoms with E-state index < -0.39 is 21.6 Å². The maximum atomic E-state index is 12.1. The number of carbonyl (C=O) groups is 1. The van der Waals surface area contributed by atoms with E-state index in [4.69, 9.17) is 5.11 Å². The average molecular weight is 333 g/mol. The van der Waals surface area contributed by atoms with Crippen LogP contribution < -0.4 is 4.72 Å². The van der Waals surface area contributed by atoms with Gasteiger partial charge >= 0.3 is 5.97 Å². The lowest BCUT2D eigenvalue weighted by molar-refractivity contribution is -0.00751. The Hall–Kier alpha value is -0.960. The summed E-state index contributed by atoms with van der Waals surface area (Å²) in [6, 6.07) is 1.13. The van der Waals surface area contributed by atoms with Crippen LogP contribution in [0.2, 0.25) is 0 Å². The lowest BCUT2D eigenvalue weighted by Crippen LogP contribution is -2.45. The van der Waals surface area contributed by atoms with E-state index in [-0.39, 0.29) is 16.3 Å². The number of carboxylic acid groups (broad SMARTS) is 1. The van der Waals surface area contributed by atoms with Crippen molar-refractivity contribution in [3.63, 3.8) is 0 Å². The first kappa shape index (κ1) is 16.4. The molecule has 1 aliphatic rings. The number of hydrogen-bond acceptors (Lipinski definition) is 5. The molecule has 3 N–H and O–H groups in total. The first-order valence-electron chi connectivity index (χ1n) is 6.76. The second kappa shape index (κ2) is 6.04. The fourth-order valence-electron chi connectivity index (χ4n) is 2.66. The van der Waals surface area contributed by atoms with E-state index in [1.807, 2.05) is 6.92 Å². The second-order valence-corrected chi connectivity index (χ2v) is 8.62. The van der Waals surface area contributed by atoms with Crippen molar-refractivity contribution in [1.29, 1.82) is 0 Å². The quantitative estimate of drug-likeness (QED) is 0.760. The van der Waals surface area contributed by atoms with Crippen molar-refractivity contribution in [3.8, 4) is 0 Å². The molecule has 21 heavy (non-hydrogen) atoms. The van der Waals surface area contributed by atoms with Crippen LogP contribution in [0.3, 0.4) is 0 Å². The van der Waals surface area contributed by atoms with Gasteiger partial charge in [0, 0.05) is 11.9 Å². The van der Waals surface area contributed by atoms with Gasteiger partial charge in [0.1, 0.15) is 4.21 Å². The van der Waals surface area contributed by atoms with Gasteiger partial charge in [0.05, 0.1) is 11.2 Å². The molecule has 0 radical (unpaired) electrons. The molecule has 0 amide bonds. The zero-order valence-corrected chi connectivity index (χ0v) is 13.3. The van der Waals surface area contributed by atoms with Crippen molar-refractivity contribution in [1.82, 2.24) is 4.72 Å². The summed E-state index contributed by atoms with van der Waals surface area (Å²) in [6.07, 6.45) is 3.06. The van der Waals surface area contributed by atoms with Crippen LogP contribution in [0.25, 0.3) is 0 Å². The van der Waals surface area contributed by atoms with Crippen molar-refractivity contribution in [3.05, 3.63) is 17.0 Å². The molecule has 2 rings (SSSR count). The number of aromatic carboxylic acids is 1. The zero-order chi connectivity index (χ0) is 15.7. The molecule has 0 aliphatic heterocycles. The smallest absolute Gasteiger partial charge is 0.336 e. The first-order chi connectivity index (χ1) is 9.72. The van der Waals surface area contributed by atoms with Gasteiger partial charge in [0.25, 0.3) is 0 Å². The first-order valence-corrected chi connectivity index (χ1v) is 9.12. The Labute approximate surface area is 127 Å². The lowest BCUT2D eigenvalue weighted by atomic mass is 9.79. The molecule has 8 heteroatoms. The van der Waals surface area contributed by atoms with E-state index in [2.05, 4.69) is 4.72 Å². The van der Waals surface area contributed by atoms with E-state index in [9.17, 15) is 18.3 Å². The number of aliphatic hydroxyl groups is 1. The minimum absolute atomic E-state index is 0.0417. The number of thiophene rings is 1. The molecule has 2 atom stereocenters. The molecule has 0 aromatic carbocycles. The Kier molecular flexibility index (Phi) is 4.72. The third-order valence-corrected chi connectivity index (χ3v) is 6.59. The summed E-state index contributed by atoms with van der Waals surface area (Å²) in [5.74, 6) is -0.791. The van der Waals surface area contributed by atoms with Crippen LogP contribution in [-0.2, 0) is 10.0 Å². The summed E-state index contributed by atoms with van der Waals surface area (Å²) < 4.78 is 26.6. The van der Waals surface area contributed by atoms with Crippen LogP contribution in [0.5, 0.6) is 0 Å². The zero-order valence-electron chi connectivity index (χ0n) is 11.7. The van der Waals surface area contributed by atoms with Gasteiger partial charge in [-0.05, 0) is 24.8 Å². The summed E-state index contributed by atoms with van der Waals surface area (Å²) >= 11 is 0.858. The lowest BCUT2D eigenvalue weighted by Gasteiger charge is -2.35. The molecule has 1 aromatic heterocycles. The Morgan fingerprint density at radius 1 is 1.57 bits per heavy atom. The molecular formula is C13H19NO5S2. The Balaban J connectivity index is 2.05. The molecule has 0 spiro atoms. The molecule has 1 aliphatic carbocycles. The van der Waals surface area contributed by atoms with Gasteiger partial charge in [-0.25, -0.2) is 17.9 Å². The van der Waals surface area contributed by atoms with E-state index in [1.54, 1.807) is 0 Å². The third-order valence-electron chi connectivity index (χ3n) is 3.75. The summed E-state index contributed by atoms with van der Waals surface area (Å²) in [4.78, 5) is 10.8. The molecule has 0 saturated heterocycles. The summed E-state index contributed by atoms with van der Waals surface area (Å²) in [6.45, 7) is 2.00. The molecule has 118 valence electrons. The predicted octanol–water partition coefficient (Wildman–Crippen LogP) is 1.67. The Morgan fingerprint density at radius 3 is 2.86 bits per heavy atom. The van der Waals surface area contributed by atoms with Gasteiger partial charge in [0.15, 0.2) is 0 Å². The third kappa shape index (κ3) is 4.03. The summed E-state index contributed by atoms with van der Waals surface area (Å²) in [5.41, 5.74) is -1.07. The van der Waals surface area contributed by atoms with Crippen molar-refractivity contribution < 1.29 is 23.4 Å². The maximum absolute atomic E-state index is 12.1. The van der Waals surface area contributed by atoms with Crippen LogP contribution >= 0.6 is 11.3 Å². The molecule has 2 unspecified atom stereocenters. The van der Waals surface area contributed by atoms with E-state index >= 15 is 0 Å². The standard InChI is InChI=1S/C13H19NO5S2/c1-9-3-2-4-13(17,6-9)8-14-21(18,19)11-5-10(7-20-11)12(15)16/h5,7,9,14,17H,2-4,6,8H2,1H3,(H,15,16). The van der Waals surface area contributed by atoms with Gasteiger partial charge < -0.3 is 10.2 Å². The van der Waals surface area contributed by atoms with Gasteiger partial charge in [-0.1, -0.05) is 19.8 Å². The second-order valence-electron chi connectivity index (χ2n) is 5.71. The normalized spacial score (nSPS) is 26.7. The van der Waals surface area contributed by atoms with Crippen molar-refractivity contribution in [2.45, 2.75) is 42.4 Å². The van der Waals surface area contributed by atoms with Gasteiger partial charge in [-0.3, -0.25) is 0 Å². The molecular weight excluding hydrogens is 314 g/mol. The molecule has 1 aromatic rings. The number of nitrogens with one attached hydrogen (secondary N) is 1. The summed E-state index contributed by atoms with van der Waals surface area (Å²) in [7, 11) is -3.78. The number of rotatable bonds is 5. The number of hydrogen-bond donors (Lipinski definition) is 3. The monoisotopic (exact) mass is 333 g/mol. The molecule has 0 bridgehead atoms. The Morgan fingerprint density at radius 2 is 2.29 bits per heavy atom. The molecule has 1 heterocycles. The van der Waals surface area contributed by atoms with Crippen LogP contribution in [-0.4, -0.2) is 36.7 Å². The molecule has 1 saturated carbocycles. The van der Waals surface area contributed by atoms with Crippen LogP contribution in [0.1, 0.15) is 43.0 Å². The minimum Gasteiger partial charge on any atom is -0.478 e. The topological polar surface area (TPSA) is 104 Å². The highest BCUT2D eigenvalue weighted by Crippen LogP contribution is 2.32. The largest absolute Gasteiger partial charge is 0.478 e. The van der Waals surface area contributed by atoms with Crippen molar-refractivity contribution >= 4 is 27.3 Å². The van der Waals surface area contributed by atoms with E-state index in [0.29, 0.717) is 18.8 Å². The average Bonchev–Trinajstić information content (AvgIpc) is 2.87. The van der Waals surface area contributed by atoms with E-state index in [0.717, 1.165) is 30.2 Å². The fraction of sp³-hybridized carbons (Fsp3) is 0.615. The molecule has 6 nitrogen and oxygen atoms in total. The maximum Gasteiger partial charge on any atom is 0.336 e. The van der Waals surface area contributed by atoms with Crippen molar-refractivity contribution in [2.75, 3.05) is 6.54 Å². The minimum atomic E-state index is -3.78. The van der Waals surface area contributed by atoms with Gasteiger partial charge in [-0.2, -0.15) is 0 Å². The SMILES string of the molecule is CC1CCCC(O)(CNS(=O)(=O)c2cc(C(=O)O)cs2)C1. The molecule has 1 fully saturated rings. The van der Waals surface area contributed by atoms with E-state index in [1.165, 1.54) is 5.38 Å². The Bertz CT molecular complexity index is 624. The number of carboxylic acids is 1.